The number of amides is 1. The van der Waals surface area contributed by atoms with Gasteiger partial charge < -0.3 is 4.42 Å². The zero-order chi connectivity index (χ0) is 20.5. The van der Waals surface area contributed by atoms with Gasteiger partial charge in [0.15, 0.2) is 0 Å². The minimum Gasteiger partial charge on any atom is -0.463 e. The van der Waals surface area contributed by atoms with Crippen LogP contribution in [0.15, 0.2) is 93.5 Å². The zero-order valence-electron chi connectivity index (χ0n) is 15.6. The first-order valence-corrected chi connectivity index (χ1v) is 10.4. The van der Waals surface area contributed by atoms with Crippen molar-refractivity contribution in [3.05, 3.63) is 90.4 Å². The molecule has 8 heteroatoms. The summed E-state index contributed by atoms with van der Waals surface area (Å²) in [5, 5.41) is 3.80. The molecule has 0 aliphatic rings. The Balaban J connectivity index is 1.72. The number of rotatable bonds is 9. The van der Waals surface area contributed by atoms with Crippen LogP contribution in [0.2, 0.25) is 0 Å². The van der Waals surface area contributed by atoms with Crippen LogP contribution >= 0.6 is 0 Å². The Bertz CT molecular complexity index is 1030. The second-order valence-electron chi connectivity index (χ2n) is 6.20. The molecule has 1 N–H and O–H groups in total. The van der Waals surface area contributed by atoms with Crippen molar-refractivity contribution in [3.63, 3.8) is 0 Å². The summed E-state index contributed by atoms with van der Waals surface area (Å²) < 4.78 is 32.3. The van der Waals surface area contributed by atoms with E-state index in [0.29, 0.717) is 12.2 Å². The van der Waals surface area contributed by atoms with Gasteiger partial charge in [0.25, 0.3) is 5.91 Å². The number of benzene rings is 2. The summed E-state index contributed by atoms with van der Waals surface area (Å²) in [4.78, 5) is 12.4. The molecule has 0 aliphatic heterocycles. The van der Waals surface area contributed by atoms with E-state index in [9.17, 15) is 13.2 Å². The quantitative estimate of drug-likeness (QED) is 0.433. The first-order valence-electron chi connectivity index (χ1n) is 9.00. The highest BCUT2D eigenvalue weighted by molar-refractivity contribution is 7.89. The molecule has 7 nitrogen and oxygen atoms in total. The van der Waals surface area contributed by atoms with E-state index >= 15 is 0 Å². The number of carbonyl (C=O) groups is 1. The number of hydrogen-bond donors (Lipinski definition) is 1. The Morgan fingerprint density at radius 2 is 1.69 bits per heavy atom. The van der Waals surface area contributed by atoms with Gasteiger partial charge in [-0.05, 0) is 36.2 Å². The third-order valence-electron chi connectivity index (χ3n) is 4.12. The maximum atomic E-state index is 13.0. The molecular formula is C21H21N3O4S. The first-order chi connectivity index (χ1) is 14.1. The van der Waals surface area contributed by atoms with Crippen molar-refractivity contribution in [2.45, 2.75) is 11.3 Å². The van der Waals surface area contributed by atoms with Gasteiger partial charge in [0, 0.05) is 6.54 Å². The predicted molar refractivity (Wildman–Crippen MR) is 110 cm³/mol. The van der Waals surface area contributed by atoms with E-state index in [1.165, 1.54) is 24.6 Å². The van der Waals surface area contributed by atoms with Gasteiger partial charge in [0.05, 0.1) is 23.9 Å². The summed E-state index contributed by atoms with van der Waals surface area (Å²) in [5.74, 6) is -0.0662. The molecule has 3 aromatic rings. The summed E-state index contributed by atoms with van der Waals surface area (Å²) in [7, 11) is -3.83. The van der Waals surface area contributed by atoms with Crippen molar-refractivity contribution < 1.29 is 17.6 Å². The maximum Gasteiger partial charge on any atom is 0.255 e. The summed E-state index contributed by atoms with van der Waals surface area (Å²) in [6.45, 7) is -0.184. The minimum absolute atomic E-state index is 0.139. The van der Waals surface area contributed by atoms with Crippen LogP contribution in [0.1, 0.15) is 11.3 Å². The van der Waals surface area contributed by atoms with Crippen molar-refractivity contribution >= 4 is 22.1 Å². The molecule has 2 aromatic carbocycles. The van der Waals surface area contributed by atoms with E-state index in [-0.39, 0.29) is 18.0 Å². The molecule has 0 fully saturated rings. The van der Waals surface area contributed by atoms with Crippen molar-refractivity contribution in [2.75, 3.05) is 13.1 Å². The van der Waals surface area contributed by atoms with Crippen LogP contribution < -0.4 is 5.43 Å². The Labute approximate surface area is 169 Å². The van der Waals surface area contributed by atoms with E-state index in [2.05, 4.69) is 10.5 Å². The van der Waals surface area contributed by atoms with Gasteiger partial charge in [-0.2, -0.15) is 9.41 Å². The zero-order valence-corrected chi connectivity index (χ0v) is 16.5. The average molecular weight is 411 g/mol. The molecule has 0 radical (unpaired) electrons. The molecule has 1 heterocycles. The summed E-state index contributed by atoms with van der Waals surface area (Å²) >= 11 is 0. The smallest absolute Gasteiger partial charge is 0.255 e. The molecule has 3 rings (SSSR count). The largest absolute Gasteiger partial charge is 0.463 e. The highest BCUT2D eigenvalue weighted by Crippen LogP contribution is 2.16. The lowest BCUT2D eigenvalue weighted by Gasteiger charge is -2.21. The van der Waals surface area contributed by atoms with Gasteiger partial charge in [-0.3, -0.25) is 4.79 Å². The second-order valence-corrected chi connectivity index (χ2v) is 8.13. The van der Waals surface area contributed by atoms with Crippen LogP contribution in [0, 0.1) is 0 Å². The molecule has 1 amide bonds. The lowest BCUT2D eigenvalue weighted by Crippen LogP contribution is -2.40. The van der Waals surface area contributed by atoms with Crippen LogP contribution in [0.3, 0.4) is 0 Å². The number of hydrazone groups is 1. The maximum absolute atomic E-state index is 13.0. The number of carbonyl (C=O) groups excluding carboxylic acids is 1. The van der Waals surface area contributed by atoms with Crippen LogP contribution in [0.25, 0.3) is 0 Å². The molecule has 0 aliphatic carbocycles. The molecule has 0 saturated carbocycles. The van der Waals surface area contributed by atoms with Gasteiger partial charge in [-0.1, -0.05) is 48.5 Å². The molecule has 0 unspecified atom stereocenters. The second kappa shape index (κ2) is 9.81. The minimum atomic E-state index is -3.83. The Kier molecular flexibility index (Phi) is 6.94. The topological polar surface area (TPSA) is 92.0 Å². The van der Waals surface area contributed by atoms with Gasteiger partial charge in [-0.25, -0.2) is 13.8 Å². The fourth-order valence-corrected chi connectivity index (χ4v) is 4.07. The molecule has 0 spiro atoms. The van der Waals surface area contributed by atoms with Crippen LogP contribution in [0.5, 0.6) is 0 Å². The number of sulfonamides is 1. The fourth-order valence-electron chi connectivity index (χ4n) is 2.65. The lowest BCUT2D eigenvalue weighted by molar-refractivity contribution is -0.121. The van der Waals surface area contributed by atoms with Gasteiger partial charge in [-0.15, -0.1) is 0 Å². The first kappa shape index (κ1) is 20.5. The SMILES string of the molecule is O=C(CN(CCc1ccccc1)S(=O)(=O)c1ccccc1)N/N=C\c1ccco1. The van der Waals surface area contributed by atoms with E-state index in [1.54, 1.807) is 30.3 Å². The molecule has 0 saturated heterocycles. The van der Waals surface area contributed by atoms with Crippen LogP contribution in [-0.2, 0) is 21.2 Å². The summed E-state index contributed by atoms with van der Waals surface area (Å²) in [6.07, 6.45) is 3.31. The van der Waals surface area contributed by atoms with E-state index in [0.717, 1.165) is 9.87 Å². The Morgan fingerprint density at radius 3 is 2.34 bits per heavy atom. The lowest BCUT2D eigenvalue weighted by atomic mass is 10.1. The number of furan rings is 1. The number of nitrogens with one attached hydrogen (secondary N) is 1. The van der Waals surface area contributed by atoms with E-state index in [4.69, 9.17) is 4.42 Å². The van der Waals surface area contributed by atoms with Crippen molar-refractivity contribution in [2.24, 2.45) is 5.10 Å². The van der Waals surface area contributed by atoms with Crippen molar-refractivity contribution in [1.82, 2.24) is 9.73 Å². The van der Waals surface area contributed by atoms with Gasteiger partial charge >= 0.3 is 0 Å². The molecule has 0 bridgehead atoms. The third kappa shape index (κ3) is 5.87. The Morgan fingerprint density at radius 1 is 1.00 bits per heavy atom. The number of hydrogen-bond acceptors (Lipinski definition) is 5. The monoisotopic (exact) mass is 411 g/mol. The summed E-state index contributed by atoms with van der Waals surface area (Å²) in [5.41, 5.74) is 3.32. The van der Waals surface area contributed by atoms with E-state index < -0.39 is 15.9 Å². The van der Waals surface area contributed by atoms with Crippen molar-refractivity contribution in [1.29, 1.82) is 0 Å². The Hall–Kier alpha value is -3.23. The van der Waals surface area contributed by atoms with Crippen molar-refractivity contribution in [3.8, 4) is 0 Å². The fraction of sp³-hybridized carbons (Fsp3) is 0.143. The average Bonchev–Trinajstić information content (AvgIpc) is 3.26. The molecule has 29 heavy (non-hydrogen) atoms. The standard InChI is InChI=1S/C21H21N3O4S/c25-21(23-22-16-19-10-7-15-28-19)17-24(14-13-18-8-3-1-4-9-18)29(26,27)20-11-5-2-6-12-20/h1-12,15-16H,13-14,17H2,(H,23,25)/b22-16-. The number of nitrogens with zero attached hydrogens (tertiary/aromatic N) is 2. The van der Waals surface area contributed by atoms with Gasteiger partial charge in [0.2, 0.25) is 10.0 Å². The molecule has 0 atom stereocenters. The molecular weight excluding hydrogens is 390 g/mol. The van der Waals surface area contributed by atoms with Gasteiger partial charge in [0.1, 0.15) is 5.76 Å². The molecule has 150 valence electrons. The summed E-state index contributed by atoms with van der Waals surface area (Å²) in [6, 6.07) is 20.9. The molecule has 1 aromatic heterocycles. The highest BCUT2D eigenvalue weighted by atomic mass is 32.2. The van der Waals surface area contributed by atoms with Crippen LogP contribution in [-0.4, -0.2) is 37.9 Å². The third-order valence-corrected chi connectivity index (χ3v) is 5.98. The van der Waals surface area contributed by atoms with Crippen LogP contribution in [0.4, 0.5) is 0 Å². The van der Waals surface area contributed by atoms with E-state index in [1.807, 2.05) is 30.3 Å². The highest BCUT2D eigenvalue weighted by Gasteiger charge is 2.26. The normalized spacial score (nSPS) is 11.8. The predicted octanol–water partition coefficient (Wildman–Crippen LogP) is 2.66.